The van der Waals surface area contributed by atoms with Crippen LogP contribution in [-0.2, 0) is 6.42 Å². The van der Waals surface area contributed by atoms with E-state index in [4.69, 9.17) is 0 Å². The second kappa shape index (κ2) is 6.09. The second-order valence-corrected chi connectivity index (χ2v) is 4.75. The third-order valence-electron chi connectivity index (χ3n) is 3.44. The molecule has 1 N–H and O–H groups in total. The molecule has 1 atom stereocenters. The third kappa shape index (κ3) is 3.02. The Morgan fingerprint density at radius 2 is 1.70 bits per heavy atom. The third-order valence-corrected chi connectivity index (χ3v) is 3.44. The van der Waals surface area contributed by atoms with Gasteiger partial charge in [0, 0.05) is 11.6 Å². The lowest BCUT2D eigenvalue weighted by molar-refractivity contribution is 0.512. The molecule has 0 aliphatic rings. The molecule has 0 heterocycles. The molecule has 0 fully saturated rings. The van der Waals surface area contributed by atoms with Gasteiger partial charge in [0.2, 0.25) is 0 Å². The number of benzene rings is 2. The van der Waals surface area contributed by atoms with E-state index in [9.17, 15) is 13.2 Å². The van der Waals surface area contributed by atoms with Crippen LogP contribution in [-0.4, -0.2) is 7.05 Å². The number of likely N-dealkylation sites (N-methyl/N-ethyl adjacent to an activating group) is 1. The maximum Gasteiger partial charge on any atom is 0.129 e. The average molecular weight is 279 g/mol. The zero-order chi connectivity index (χ0) is 14.7. The first-order valence-corrected chi connectivity index (χ1v) is 6.39. The van der Waals surface area contributed by atoms with Crippen molar-refractivity contribution in [3.8, 4) is 0 Å². The maximum absolute atomic E-state index is 13.7. The summed E-state index contributed by atoms with van der Waals surface area (Å²) in [5, 5.41) is 2.99. The average Bonchev–Trinajstić information content (AvgIpc) is 2.42. The number of halogens is 3. The molecule has 0 amide bonds. The molecule has 0 radical (unpaired) electrons. The quantitative estimate of drug-likeness (QED) is 0.894. The SMILES string of the molecule is CNC(Cc1c(F)cccc1F)c1cc(F)ccc1C. The Morgan fingerprint density at radius 1 is 1.05 bits per heavy atom. The Kier molecular flexibility index (Phi) is 4.45. The standard InChI is InChI=1S/C16H16F3N/c1-10-6-7-11(17)8-12(10)16(20-2)9-13-14(18)4-3-5-15(13)19/h3-8,16,20H,9H2,1-2H3. The Balaban J connectivity index is 2.36. The number of hydrogen-bond donors (Lipinski definition) is 1. The molecule has 0 aliphatic carbocycles. The van der Waals surface area contributed by atoms with Crippen LogP contribution in [0.4, 0.5) is 13.2 Å². The Hall–Kier alpha value is -1.81. The Bertz CT molecular complexity index is 590. The number of hydrogen-bond acceptors (Lipinski definition) is 1. The first kappa shape index (κ1) is 14.6. The molecule has 106 valence electrons. The van der Waals surface area contributed by atoms with Gasteiger partial charge in [-0.3, -0.25) is 0 Å². The molecular formula is C16H16F3N. The molecule has 2 aromatic rings. The summed E-state index contributed by atoms with van der Waals surface area (Å²) in [7, 11) is 1.69. The second-order valence-electron chi connectivity index (χ2n) is 4.75. The Morgan fingerprint density at radius 3 is 2.30 bits per heavy atom. The summed E-state index contributed by atoms with van der Waals surface area (Å²) in [4.78, 5) is 0. The lowest BCUT2D eigenvalue weighted by atomic mass is 9.95. The van der Waals surface area contributed by atoms with Crippen molar-refractivity contribution >= 4 is 0 Å². The molecule has 1 unspecified atom stereocenters. The first-order chi connectivity index (χ1) is 9.52. The molecule has 2 rings (SSSR count). The minimum atomic E-state index is -0.584. The normalized spacial score (nSPS) is 12.4. The van der Waals surface area contributed by atoms with Crippen LogP contribution in [0.2, 0.25) is 0 Å². The van der Waals surface area contributed by atoms with Gasteiger partial charge in [-0.2, -0.15) is 0 Å². The van der Waals surface area contributed by atoms with E-state index in [0.717, 1.165) is 5.56 Å². The highest BCUT2D eigenvalue weighted by Gasteiger charge is 2.18. The summed E-state index contributed by atoms with van der Waals surface area (Å²) in [6.45, 7) is 1.84. The summed E-state index contributed by atoms with van der Waals surface area (Å²) < 4.78 is 40.8. The van der Waals surface area contributed by atoms with Gasteiger partial charge in [-0.15, -0.1) is 0 Å². The minimum Gasteiger partial charge on any atom is -0.313 e. The van der Waals surface area contributed by atoms with Crippen LogP contribution >= 0.6 is 0 Å². The molecule has 2 aromatic carbocycles. The van der Waals surface area contributed by atoms with E-state index in [1.165, 1.54) is 30.3 Å². The lowest BCUT2D eigenvalue weighted by Crippen LogP contribution is -2.21. The number of aryl methyl sites for hydroxylation is 1. The molecule has 0 aliphatic heterocycles. The van der Waals surface area contributed by atoms with Gasteiger partial charge in [-0.1, -0.05) is 12.1 Å². The lowest BCUT2D eigenvalue weighted by Gasteiger charge is -2.19. The van der Waals surface area contributed by atoms with Crippen molar-refractivity contribution in [1.29, 1.82) is 0 Å². The molecule has 4 heteroatoms. The van der Waals surface area contributed by atoms with E-state index in [1.54, 1.807) is 13.1 Å². The first-order valence-electron chi connectivity index (χ1n) is 6.39. The van der Waals surface area contributed by atoms with Gasteiger partial charge in [0.15, 0.2) is 0 Å². The number of rotatable bonds is 4. The zero-order valence-electron chi connectivity index (χ0n) is 11.4. The van der Waals surface area contributed by atoms with Gasteiger partial charge in [-0.25, -0.2) is 13.2 Å². The van der Waals surface area contributed by atoms with Crippen LogP contribution in [0.5, 0.6) is 0 Å². The van der Waals surface area contributed by atoms with Crippen molar-refractivity contribution in [1.82, 2.24) is 5.32 Å². The van der Waals surface area contributed by atoms with E-state index < -0.39 is 11.6 Å². The zero-order valence-corrected chi connectivity index (χ0v) is 11.4. The van der Waals surface area contributed by atoms with Crippen molar-refractivity contribution in [2.75, 3.05) is 7.05 Å². The minimum absolute atomic E-state index is 0.00973. The summed E-state index contributed by atoms with van der Waals surface area (Å²) in [5.41, 5.74) is 1.59. The molecule has 0 aromatic heterocycles. The molecule has 1 nitrogen and oxygen atoms in total. The van der Waals surface area contributed by atoms with E-state index in [-0.39, 0.29) is 23.8 Å². The van der Waals surface area contributed by atoms with Gasteiger partial charge in [0.1, 0.15) is 17.5 Å². The fraction of sp³-hybridized carbons (Fsp3) is 0.250. The maximum atomic E-state index is 13.7. The fourth-order valence-corrected chi connectivity index (χ4v) is 2.29. The summed E-state index contributed by atoms with van der Waals surface area (Å²) in [5.74, 6) is -1.53. The van der Waals surface area contributed by atoms with E-state index in [1.807, 2.05) is 6.92 Å². The van der Waals surface area contributed by atoms with Gasteiger partial charge in [-0.05, 0) is 55.8 Å². The summed E-state index contributed by atoms with van der Waals surface area (Å²) in [6.07, 6.45) is 0.124. The van der Waals surface area contributed by atoms with Crippen LogP contribution < -0.4 is 5.32 Å². The fourth-order valence-electron chi connectivity index (χ4n) is 2.29. The van der Waals surface area contributed by atoms with E-state index in [2.05, 4.69) is 5.32 Å². The molecule has 20 heavy (non-hydrogen) atoms. The predicted octanol–water partition coefficient (Wildman–Crippen LogP) is 3.92. The van der Waals surface area contributed by atoms with Crippen LogP contribution in [0, 0.1) is 24.4 Å². The van der Waals surface area contributed by atoms with Gasteiger partial charge < -0.3 is 5.32 Å². The topological polar surface area (TPSA) is 12.0 Å². The summed E-state index contributed by atoms with van der Waals surface area (Å²) >= 11 is 0. The van der Waals surface area contributed by atoms with Crippen molar-refractivity contribution in [3.05, 3.63) is 70.5 Å². The highest BCUT2D eigenvalue weighted by Crippen LogP contribution is 2.25. The molecule has 0 saturated heterocycles. The molecular weight excluding hydrogens is 263 g/mol. The van der Waals surface area contributed by atoms with Gasteiger partial charge in [0.25, 0.3) is 0 Å². The van der Waals surface area contributed by atoms with E-state index >= 15 is 0 Å². The van der Waals surface area contributed by atoms with Crippen molar-refractivity contribution in [3.63, 3.8) is 0 Å². The predicted molar refractivity (Wildman–Crippen MR) is 73.0 cm³/mol. The van der Waals surface area contributed by atoms with Crippen molar-refractivity contribution in [2.24, 2.45) is 0 Å². The van der Waals surface area contributed by atoms with Crippen molar-refractivity contribution in [2.45, 2.75) is 19.4 Å². The van der Waals surface area contributed by atoms with Crippen molar-refractivity contribution < 1.29 is 13.2 Å². The largest absolute Gasteiger partial charge is 0.313 e. The molecule has 0 spiro atoms. The van der Waals surface area contributed by atoms with Gasteiger partial charge >= 0.3 is 0 Å². The van der Waals surface area contributed by atoms with Crippen LogP contribution in [0.1, 0.15) is 22.7 Å². The number of nitrogens with one attached hydrogen (secondary N) is 1. The molecule has 0 saturated carbocycles. The van der Waals surface area contributed by atoms with Gasteiger partial charge in [0.05, 0.1) is 0 Å². The highest BCUT2D eigenvalue weighted by molar-refractivity contribution is 5.32. The van der Waals surface area contributed by atoms with Crippen LogP contribution in [0.3, 0.4) is 0 Å². The smallest absolute Gasteiger partial charge is 0.129 e. The summed E-state index contributed by atoms with van der Waals surface area (Å²) in [6, 6.07) is 7.86. The van der Waals surface area contributed by atoms with E-state index in [0.29, 0.717) is 5.56 Å². The Labute approximate surface area is 116 Å². The monoisotopic (exact) mass is 279 g/mol. The van der Waals surface area contributed by atoms with Crippen LogP contribution in [0.15, 0.2) is 36.4 Å². The molecule has 0 bridgehead atoms. The highest BCUT2D eigenvalue weighted by atomic mass is 19.1. The van der Waals surface area contributed by atoms with Crippen LogP contribution in [0.25, 0.3) is 0 Å².